The second kappa shape index (κ2) is 4.42. The number of nitrogens with two attached hydrogens (primary N) is 1. The summed E-state index contributed by atoms with van der Waals surface area (Å²) < 4.78 is 12.9. The lowest BCUT2D eigenvalue weighted by atomic mass is 9.89. The molecule has 2 aromatic rings. The van der Waals surface area contributed by atoms with Crippen LogP contribution in [0.2, 0.25) is 0 Å². The van der Waals surface area contributed by atoms with Gasteiger partial charge in [-0.15, -0.1) is 0 Å². The smallest absolute Gasteiger partial charge is 0.123 e. The Morgan fingerprint density at radius 1 is 1.00 bits per heavy atom. The molecule has 2 unspecified atom stereocenters. The van der Waals surface area contributed by atoms with Crippen molar-refractivity contribution in [1.82, 2.24) is 0 Å². The highest BCUT2D eigenvalue weighted by molar-refractivity contribution is 5.53. The van der Waals surface area contributed by atoms with Crippen LogP contribution in [-0.2, 0) is 0 Å². The first-order chi connectivity index (χ1) is 8.75. The molecule has 0 amide bonds. The molecule has 2 N–H and O–H groups in total. The molecule has 0 aliphatic carbocycles. The third kappa shape index (κ3) is 1.87. The van der Waals surface area contributed by atoms with E-state index in [9.17, 15) is 4.39 Å². The Kier molecular flexibility index (Phi) is 2.76. The van der Waals surface area contributed by atoms with E-state index < -0.39 is 0 Å². The SMILES string of the molecule is NC1CN(c2ccccc2)C1c1ccc(F)cc1. The number of nitrogens with zero attached hydrogens (tertiary/aromatic N) is 1. The van der Waals surface area contributed by atoms with Gasteiger partial charge in [-0.3, -0.25) is 0 Å². The van der Waals surface area contributed by atoms with Gasteiger partial charge in [0.15, 0.2) is 0 Å². The monoisotopic (exact) mass is 242 g/mol. The summed E-state index contributed by atoms with van der Waals surface area (Å²) >= 11 is 0. The molecule has 3 heteroatoms. The van der Waals surface area contributed by atoms with Crippen molar-refractivity contribution in [2.24, 2.45) is 5.73 Å². The van der Waals surface area contributed by atoms with Gasteiger partial charge in [0.25, 0.3) is 0 Å². The quantitative estimate of drug-likeness (QED) is 0.877. The van der Waals surface area contributed by atoms with Crippen molar-refractivity contribution in [3.05, 3.63) is 66.0 Å². The van der Waals surface area contributed by atoms with Crippen molar-refractivity contribution in [3.8, 4) is 0 Å². The summed E-state index contributed by atoms with van der Waals surface area (Å²) in [7, 11) is 0. The van der Waals surface area contributed by atoms with Crippen LogP contribution < -0.4 is 10.6 Å². The second-order valence-electron chi connectivity index (χ2n) is 4.65. The van der Waals surface area contributed by atoms with Crippen LogP contribution in [0.25, 0.3) is 0 Å². The standard InChI is InChI=1S/C15H15FN2/c16-12-8-6-11(7-9-12)15-14(17)10-18(15)13-4-2-1-3-5-13/h1-9,14-15H,10,17H2. The van der Waals surface area contributed by atoms with E-state index in [-0.39, 0.29) is 17.9 Å². The summed E-state index contributed by atoms with van der Waals surface area (Å²) in [5, 5.41) is 0. The van der Waals surface area contributed by atoms with Crippen LogP contribution in [0.15, 0.2) is 54.6 Å². The molecule has 0 aromatic heterocycles. The second-order valence-corrected chi connectivity index (χ2v) is 4.65. The van der Waals surface area contributed by atoms with Crippen molar-refractivity contribution in [3.63, 3.8) is 0 Å². The molecule has 2 nitrogen and oxygen atoms in total. The van der Waals surface area contributed by atoms with Gasteiger partial charge in [-0.25, -0.2) is 4.39 Å². The lowest BCUT2D eigenvalue weighted by molar-refractivity contribution is 0.390. The molecule has 2 aromatic carbocycles. The molecule has 1 saturated heterocycles. The lowest BCUT2D eigenvalue weighted by Crippen LogP contribution is -2.58. The normalized spacial score (nSPS) is 22.7. The predicted molar refractivity (Wildman–Crippen MR) is 70.9 cm³/mol. The molecule has 0 saturated carbocycles. The molecule has 0 radical (unpaired) electrons. The van der Waals surface area contributed by atoms with Crippen molar-refractivity contribution < 1.29 is 4.39 Å². The fourth-order valence-electron chi connectivity index (χ4n) is 2.51. The van der Waals surface area contributed by atoms with Crippen molar-refractivity contribution in [2.45, 2.75) is 12.1 Å². The van der Waals surface area contributed by atoms with E-state index in [2.05, 4.69) is 17.0 Å². The third-order valence-electron chi connectivity index (χ3n) is 3.45. The maximum atomic E-state index is 12.9. The molecule has 92 valence electrons. The maximum Gasteiger partial charge on any atom is 0.123 e. The Bertz CT molecular complexity index is 524. The largest absolute Gasteiger partial charge is 0.361 e. The molecule has 0 spiro atoms. The van der Waals surface area contributed by atoms with Crippen LogP contribution in [0.5, 0.6) is 0 Å². The molecule has 3 rings (SSSR count). The van der Waals surface area contributed by atoms with E-state index in [1.54, 1.807) is 0 Å². The third-order valence-corrected chi connectivity index (χ3v) is 3.45. The molecule has 2 atom stereocenters. The van der Waals surface area contributed by atoms with Crippen molar-refractivity contribution in [1.29, 1.82) is 0 Å². The number of rotatable bonds is 2. The Hall–Kier alpha value is -1.87. The fourth-order valence-corrected chi connectivity index (χ4v) is 2.51. The number of para-hydroxylation sites is 1. The first-order valence-corrected chi connectivity index (χ1v) is 6.08. The summed E-state index contributed by atoms with van der Waals surface area (Å²) in [6.45, 7) is 0.839. The van der Waals surface area contributed by atoms with Gasteiger partial charge >= 0.3 is 0 Å². The number of hydrogen-bond donors (Lipinski definition) is 1. The molecule has 18 heavy (non-hydrogen) atoms. The zero-order valence-electron chi connectivity index (χ0n) is 9.96. The van der Waals surface area contributed by atoms with Crippen molar-refractivity contribution >= 4 is 5.69 Å². The van der Waals surface area contributed by atoms with Gasteiger partial charge in [0, 0.05) is 18.3 Å². The minimum absolute atomic E-state index is 0.107. The van der Waals surface area contributed by atoms with E-state index in [0.29, 0.717) is 0 Å². The van der Waals surface area contributed by atoms with E-state index in [1.165, 1.54) is 12.1 Å². The number of anilines is 1. The van der Waals surface area contributed by atoms with Gasteiger partial charge in [0.1, 0.15) is 5.82 Å². The molecule has 1 aliphatic rings. The summed E-state index contributed by atoms with van der Waals surface area (Å²) in [6.07, 6.45) is 0. The highest BCUT2D eigenvalue weighted by Gasteiger charge is 2.37. The molecule has 1 fully saturated rings. The summed E-state index contributed by atoms with van der Waals surface area (Å²) in [6, 6.07) is 17.0. The van der Waals surface area contributed by atoms with E-state index in [0.717, 1.165) is 17.8 Å². The van der Waals surface area contributed by atoms with Gasteiger partial charge in [-0.05, 0) is 29.8 Å². The van der Waals surface area contributed by atoms with Gasteiger partial charge in [0.2, 0.25) is 0 Å². The van der Waals surface area contributed by atoms with Crippen molar-refractivity contribution in [2.75, 3.05) is 11.4 Å². The zero-order valence-corrected chi connectivity index (χ0v) is 9.96. The molecule has 1 aliphatic heterocycles. The number of benzene rings is 2. The summed E-state index contributed by atoms with van der Waals surface area (Å²) in [5.74, 6) is -0.210. The van der Waals surface area contributed by atoms with Crippen LogP contribution in [-0.4, -0.2) is 12.6 Å². The topological polar surface area (TPSA) is 29.3 Å². The fraction of sp³-hybridized carbons (Fsp3) is 0.200. The van der Waals surface area contributed by atoms with E-state index in [4.69, 9.17) is 5.73 Å². The van der Waals surface area contributed by atoms with Crippen LogP contribution in [0, 0.1) is 5.82 Å². The van der Waals surface area contributed by atoms with Crippen LogP contribution in [0.4, 0.5) is 10.1 Å². The zero-order chi connectivity index (χ0) is 12.5. The predicted octanol–water partition coefficient (Wildman–Crippen LogP) is 2.71. The Morgan fingerprint density at radius 3 is 2.28 bits per heavy atom. The molecule has 1 heterocycles. The Labute approximate surface area is 106 Å². The minimum atomic E-state index is -0.210. The molecular weight excluding hydrogens is 227 g/mol. The van der Waals surface area contributed by atoms with Gasteiger partial charge in [-0.1, -0.05) is 30.3 Å². The number of hydrogen-bond acceptors (Lipinski definition) is 2. The van der Waals surface area contributed by atoms with Crippen LogP contribution >= 0.6 is 0 Å². The summed E-state index contributed by atoms with van der Waals surface area (Å²) in [5.41, 5.74) is 8.31. The highest BCUT2D eigenvalue weighted by atomic mass is 19.1. The highest BCUT2D eigenvalue weighted by Crippen LogP contribution is 2.36. The van der Waals surface area contributed by atoms with Crippen LogP contribution in [0.3, 0.4) is 0 Å². The average Bonchev–Trinajstić information content (AvgIpc) is 2.39. The van der Waals surface area contributed by atoms with Gasteiger partial charge < -0.3 is 10.6 Å². The van der Waals surface area contributed by atoms with E-state index >= 15 is 0 Å². The number of halogens is 1. The van der Waals surface area contributed by atoms with Crippen LogP contribution in [0.1, 0.15) is 11.6 Å². The first kappa shape index (κ1) is 11.2. The average molecular weight is 242 g/mol. The van der Waals surface area contributed by atoms with E-state index in [1.807, 2.05) is 30.3 Å². The first-order valence-electron chi connectivity index (χ1n) is 6.08. The van der Waals surface area contributed by atoms with Gasteiger partial charge in [-0.2, -0.15) is 0 Å². The maximum absolute atomic E-state index is 12.9. The lowest BCUT2D eigenvalue weighted by Gasteiger charge is -2.48. The minimum Gasteiger partial charge on any atom is -0.361 e. The summed E-state index contributed by atoms with van der Waals surface area (Å²) in [4.78, 5) is 2.25. The Balaban J connectivity index is 1.89. The van der Waals surface area contributed by atoms with Gasteiger partial charge in [0.05, 0.1) is 6.04 Å². The molecular formula is C15H15FN2. The Morgan fingerprint density at radius 2 is 1.67 bits per heavy atom. The molecule has 0 bridgehead atoms.